The average molecular weight is 438 g/mol. The number of nitrogens with zero attached hydrogens (tertiary/aromatic N) is 1. The standard InChI is InChI=1S/C24H26N2O6/c27-20-21(28)23(24(29)25-30)32-22(20)19-9-7-17(8-10-19)2-1-16-3-5-18(6-4-16)15-26-11-13-31-14-12-26/h3-10,20-23,27-28,30H,11-15H2,(H,25,29)/t20-,21+,22-,23+/m0/s1. The van der Waals surface area contributed by atoms with Crippen molar-refractivity contribution in [1.82, 2.24) is 10.4 Å². The van der Waals surface area contributed by atoms with Crippen LogP contribution in [0.1, 0.15) is 28.4 Å². The topological polar surface area (TPSA) is 111 Å². The van der Waals surface area contributed by atoms with Crippen molar-refractivity contribution in [2.45, 2.75) is 31.0 Å². The second-order valence-electron chi connectivity index (χ2n) is 7.89. The number of morpholine rings is 1. The van der Waals surface area contributed by atoms with Crippen LogP contribution in [0.5, 0.6) is 0 Å². The Bertz CT molecular complexity index is 976. The van der Waals surface area contributed by atoms with E-state index in [1.165, 1.54) is 11.0 Å². The number of hydroxylamine groups is 1. The van der Waals surface area contributed by atoms with Crippen molar-refractivity contribution in [3.63, 3.8) is 0 Å². The van der Waals surface area contributed by atoms with E-state index in [1.54, 1.807) is 24.3 Å². The van der Waals surface area contributed by atoms with E-state index in [0.29, 0.717) is 5.56 Å². The maximum absolute atomic E-state index is 11.6. The fourth-order valence-electron chi connectivity index (χ4n) is 3.84. The van der Waals surface area contributed by atoms with Crippen LogP contribution in [0.2, 0.25) is 0 Å². The van der Waals surface area contributed by atoms with Gasteiger partial charge < -0.3 is 19.7 Å². The van der Waals surface area contributed by atoms with Crippen molar-refractivity contribution < 1.29 is 29.7 Å². The third-order valence-electron chi connectivity index (χ3n) is 5.69. The van der Waals surface area contributed by atoms with Gasteiger partial charge in [0, 0.05) is 30.8 Å². The number of aliphatic hydroxyl groups is 2. The van der Waals surface area contributed by atoms with Crippen LogP contribution in [-0.2, 0) is 20.8 Å². The highest BCUT2D eigenvalue weighted by atomic mass is 16.6. The van der Waals surface area contributed by atoms with E-state index in [1.807, 2.05) is 12.1 Å². The lowest BCUT2D eigenvalue weighted by atomic mass is 10.0. The molecule has 4 N–H and O–H groups in total. The molecule has 4 rings (SSSR count). The van der Waals surface area contributed by atoms with E-state index in [2.05, 4.69) is 28.9 Å². The Labute approximate surface area is 186 Å². The normalized spacial score (nSPS) is 25.7. The molecule has 0 aliphatic carbocycles. The zero-order valence-corrected chi connectivity index (χ0v) is 17.5. The number of hydrogen-bond acceptors (Lipinski definition) is 7. The van der Waals surface area contributed by atoms with E-state index in [4.69, 9.17) is 14.7 Å². The van der Waals surface area contributed by atoms with Crippen molar-refractivity contribution in [1.29, 1.82) is 0 Å². The monoisotopic (exact) mass is 438 g/mol. The highest BCUT2D eigenvalue weighted by Gasteiger charge is 2.46. The zero-order valence-electron chi connectivity index (χ0n) is 17.5. The van der Waals surface area contributed by atoms with Gasteiger partial charge in [-0.1, -0.05) is 36.1 Å². The third-order valence-corrected chi connectivity index (χ3v) is 5.69. The number of rotatable bonds is 4. The summed E-state index contributed by atoms with van der Waals surface area (Å²) in [6, 6.07) is 15.2. The van der Waals surface area contributed by atoms with Crippen molar-refractivity contribution >= 4 is 5.91 Å². The number of carbonyl (C=O) groups is 1. The smallest absolute Gasteiger partial charge is 0.275 e. The van der Waals surface area contributed by atoms with Crippen LogP contribution in [0.3, 0.4) is 0 Å². The number of ether oxygens (including phenoxy) is 2. The number of amides is 1. The Morgan fingerprint density at radius 3 is 2.16 bits per heavy atom. The molecule has 2 aliphatic heterocycles. The Morgan fingerprint density at radius 2 is 1.56 bits per heavy atom. The first-order valence-electron chi connectivity index (χ1n) is 10.5. The summed E-state index contributed by atoms with van der Waals surface area (Å²) in [7, 11) is 0. The number of carbonyl (C=O) groups excluding carboxylic acids is 1. The summed E-state index contributed by atoms with van der Waals surface area (Å²) in [5.41, 5.74) is 4.97. The van der Waals surface area contributed by atoms with Crippen molar-refractivity contribution in [3.8, 4) is 11.8 Å². The molecule has 2 fully saturated rings. The molecule has 0 spiro atoms. The molecule has 8 nitrogen and oxygen atoms in total. The third kappa shape index (κ3) is 5.16. The van der Waals surface area contributed by atoms with Gasteiger partial charge in [-0.15, -0.1) is 0 Å². The summed E-state index contributed by atoms with van der Waals surface area (Å²) in [5, 5.41) is 28.9. The summed E-state index contributed by atoms with van der Waals surface area (Å²) in [5.74, 6) is 5.35. The van der Waals surface area contributed by atoms with Crippen molar-refractivity contribution in [2.24, 2.45) is 0 Å². The first kappa shape index (κ1) is 22.4. The summed E-state index contributed by atoms with van der Waals surface area (Å²) in [6.45, 7) is 4.38. The predicted molar refractivity (Wildman–Crippen MR) is 115 cm³/mol. The molecule has 8 heteroatoms. The minimum Gasteiger partial charge on any atom is -0.387 e. The van der Waals surface area contributed by atoms with Crippen molar-refractivity contribution in [3.05, 3.63) is 70.8 Å². The van der Waals surface area contributed by atoms with Gasteiger partial charge in [0.05, 0.1) is 13.2 Å². The summed E-state index contributed by atoms with van der Waals surface area (Å²) < 4.78 is 10.8. The van der Waals surface area contributed by atoms with Crippen LogP contribution < -0.4 is 5.48 Å². The molecule has 32 heavy (non-hydrogen) atoms. The number of hydrogen-bond donors (Lipinski definition) is 4. The lowest BCUT2D eigenvalue weighted by Crippen LogP contribution is -2.41. The summed E-state index contributed by atoms with van der Waals surface area (Å²) >= 11 is 0. The lowest BCUT2D eigenvalue weighted by molar-refractivity contribution is -0.144. The molecule has 2 aromatic rings. The molecule has 2 aromatic carbocycles. The largest absolute Gasteiger partial charge is 0.387 e. The van der Waals surface area contributed by atoms with Gasteiger partial charge >= 0.3 is 0 Å². The maximum atomic E-state index is 11.6. The Morgan fingerprint density at radius 1 is 0.969 bits per heavy atom. The van der Waals surface area contributed by atoms with Gasteiger partial charge in [0.25, 0.3) is 5.91 Å². The van der Waals surface area contributed by atoms with Crippen LogP contribution >= 0.6 is 0 Å². The van der Waals surface area contributed by atoms with E-state index in [9.17, 15) is 15.0 Å². The summed E-state index contributed by atoms with van der Waals surface area (Å²) in [6.07, 6.45) is -4.94. The SMILES string of the molecule is O=C(NO)[C@@H]1O[C@@H](c2ccc(C#Cc3ccc(CN4CCOCC4)cc3)cc2)[C@@H](O)[C@H]1O. The molecule has 1 amide bonds. The molecule has 2 saturated heterocycles. The van der Waals surface area contributed by atoms with Gasteiger partial charge in [-0.3, -0.25) is 14.9 Å². The second-order valence-corrected chi connectivity index (χ2v) is 7.89. The minimum absolute atomic E-state index is 0.600. The van der Waals surface area contributed by atoms with Crippen LogP contribution in [0.4, 0.5) is 0 Å². The van der Waals surface area contributed by atoms with E-state index in [-0.39, 0.29) is 0 Å². The molecule has 0 radical (unpaired) electrons. The molecule has 0 bridgehead atoms. The quantitative estimate of drug-likeness (QED) is 0.314. The van der Waals surface area contributed by atoms with Crippen molar-refractivity contribution in [2.75, 3.05) is 26.3 Å². The first-order valence-corrected chi connectivity index (χ1v) is 10.5. The van der Waals surface area contributed by atoms with Gasteiger partial charge in [-0.05, 0) is 35.4 Å². The van der Waals surface area contributed by atoms with Gasteiger partial charge in [0.1, 0.15) is 18.3 Å². The van der Waals surface area contributed by atoms with Gasteiger partial charge in [0.2, 0.25) is 0 Å². The lowest BCUT2D eigenvalue weighted by Gasteiger charge is -2.26. The van der Waals surface area contributed by atoms with Crippen LogP contribution in [0.25, 0.3) is 0 Å². The molecular weight excluding hydrogens is 412 g/mol. The van der Waals surface area contributed by atoms with E-state index in [0.717, 1.165) is 44.0 Å². The minimum atomic E-state index is -1.43. The van der Waals surface area contributed by atoms with Crippen LogP contribution in [0, 0.1) is 11.8 Å². The number of benzene rings is 2. The zero-order chi connectivity index (χ0) is 22.5. The molecule has 168 valence electrons. The molecule has 4 atom stereocenters. The van der Waals surface area contributed by atoms with Gasteiger partial charge in [0.15, 0.2) is 6.10 Å². The van der Waals surface area contributed by atoms with Crippen LogP contribution in [0.15, 0.2) is 48.5 Å². The fourth-order valence-corrected chi connectivity index (χ4v) is 3.84. The molecule has 0 aromatic heterocycles. The van der Waals surface area contributed by atoms with Gasteiger partial charge in [-0.25, -0.2) is 5.48 Å². The summed E-state index contributed by atoms with van der Waals surface area (Å²) in [4.78, 5) is 13.9. The fraction of sp³-hybridized carbons (Fsp3) is 0.375. The van der Waals surface area contributed by atoms with Crippen LogP contribution in [-0.4, -0.2) is 70.8 Å². The highest BCUT2D eigenvalue weighted by Crippen LogP contribution is 2.33. The molecule has 2 aliphatic rings. The van der Waals surface area contributed by atoms with Gasteiger partial charge in [-0.2, -0.15) is 0 Å². The number of nitrogens with one attached hydrogen (secondary N) is 1. The predicted octanol–water partition coefficient (Wildman–Crippen LogP) is 0.586. The first-order chi connectivity index (χ1) is 15.5. The van der Waals surface area contributed by atoms with E-state index >= 15 is 0 Å². The Kier molecular flexibility index (Phi) is 7.17. The molecular formula is C24H26N2O6. The molecule has 0 saturated carbocycles. The maximum Gasteiger partial charge on any atom is 0.275 e. The molecule has 0 unspecified atom stereocenters. The second kappa shape index (κ2) is 10.2. The average Bonchev–Trinajstić information content (AvgIpc) is 3.13. The highest BCUT2D eigenvalue weighted by molar-refractivity contribution is 5.80. The Hall–Kier alpha value is -2.77. The Balaban J connectivity index is 1.38. The number of aliphatic hydroxyl groups excluding tert-OH is 2. The van der Waals surface area contributed by atoms with E-state index < -0.39 is 30.3 Å². The molecule has 2 heterocycles.